The third-order valence-electron chi connectivity index (χ3n) is 5.56. The van der Waals surface area contributed by atoms with Crippen molar-refractivity contribution in [2.75, 3.05) is 0 Å². The standard InChI is InChI=1S/C15H21NO2S.C7H14/c1-5-12-7-6-8-13(9-12)14-15(3,4)10-11(2)16-19(14,17)18;1-7-5-3-2-4-6-7/h6-9,14H,5,10H2,1-4H3;7H,2-6H2,1H3. The van der Waals surface area contributed by atoms with Gasteiger partial charge in [-0.1, -0.05) is 84.1 Å². The molecular weight excluding hydrogens is 342 g/mol. The first-order chi connectivity index (χ1) is 12.2. The Morgan fingerprint density at radius 1 is 1.15 bits per heavy atom. The topological polar surface area (TPSA) is 46.5 Å². The maximum Gasteiger partial charge on any atom is 0.260 e. The zero-order valence-corrected chi connectivity index (χ0v) is 17.9. The predicted molar refractivity (Wildman–Crippen MR) is 111 cm³/mol. The molecule has 1 aromatic rings. The van der Waals surface area contributed by atoms with Gasteiger partial charge in [0.1, 0.15) is 5.25 Å². The Balaban J connectivity index is 0.000000290. The summed E-state index contributed by atoms with van der Waals surface area (Å²) in [4.78, 5) is 0. The molecule has 1 aliphatic carbocycles. The van der Waals surface area contributed by atoms with Crippen LogP contribution in [0.15, 0.2) is 28.7 Å². The van der Waals surface area contributed by atoms with Crippen molar-refractivity contribution in [3.8, 4) is 0 Å². The van der Waals surface area contributed by atoms with Crippen LogP contribution in [0.5, 0.6) is 0 Å². The summed E-state index contributed by atoms with van der Waals surface area (Å²) in [6.07, 6.45) is 9.06. The molecule has 0 spiro atoms. The lowest BCUT2D eigenvalue weighted by atomic mass is 9.80. The van der Waals surface area contributed by atoms with Crippen molar-refractivity contribution in [1.29, 1.82) is 0 Å². The highest BCUT2D eigenvalue weighted by molar-refractivity contribution is 7.90. The quantitative estimate of drug-likeness (QED) is 0.625. The Hall–Kier alpha value is -1.16. The van der Waals surface area contributed by atoms with Crippen LogP contribution in [0, 0.1) is 11.3 Å². The van der Waals surface area contributed by atoms with Gasteiger partial charge in [-0.2, -0.15) is 4.40 Å². The van der Waals surface area contributed by atoms with Crippen molar-refractivity contribution in [1.82, 2.24) is 0 Å². The van der Waals surface area contributed by atoms with Crippen LogP contribution in [-0.4, -0.2) is 14.1 Å². The largest absolute Gasteiger partial charge is 0.260 e. The zero-order chi connectivity index (χ0) is 19.4. The average Bonchev–Trinajstić information content (AvgIpc) is 2.53. The van der Waals surface area contributed by atoms with Crippen LogP contribution in [0.1, 0.15) is 89.5 Å². The molecule has 146 valence electrons. The maximum atomic E-state index is 12.4. The average molecular weight is 378 g/mol. The molecule has 0 amide bonds. The molecule has 1 fully saturated rings. The third-order valence-corrected chi connectivity index (χ3v) is 7.63. The summed E-state index contributed by atoms with van der Waals surface area (Å²) in [5, 5.41) is -0.546. The molecular formula is C22H35NO2S. The fraction of sp³-hybridized carbons (Fsp3) is 0.682. The molecule has 1 heterocycles. The molecule has 0 aromatic heterocycles. The number of hydrogen-bond acceptors (Lipinski definition) is 2. The van der Waals surface area contributed by atoms with Crippen LogP contribution in [-0.2, 0) is 16.4 Å². The fourth-order valence-electron chi connectivity index (χ4n) is 4.36. The summed E-state index contributed by atoms with van der Waals surface area (Å²) in [6.45, 7) is 10.2. The van der Waals surface area contributed by atoms with Crippen molar-refractivity contribution in [3.63, 3.8) is 0 Å². The Morgan fingerprint density at radius 3 is 2.31 bits per heavy atom. The van der Waals surface area contributed by atoms with E-state index < -0.39 is 15.3 Å². The van der Waals surface area contributed by atoms with Crippen LogP contribution >= 0.6 is 0 Å². The third kappa shape index (κ3) is 5.42. The second-order valence-corrected chi connectivity index (χ2v) is 10.4. The van der Waals surface area contributed by atoms with E-state index in [1.165, 1.54) is 32.1 Å². The lowest BCUT2D eigenvalue weighted by Gasteiger charge is -2.36. The van der Waals surface area contributed by atoms with Crippen molar-refractivity contribution >= 4 is 15.7 Å². The first-order valence-corrected chi connectivity index (χ1v) is 11.5. The molecule has 1 unspecified atom stereocenters. The molecule has 0 N–H and O–H groups in total. The molecule has 4 heteroatoms. The van der Waals surface area contributed by atoms with Gasteiger partial charge in [0, 0.05) is 5.71 Å². The summed E-state index contributed by atoms with van der Waals surface area (Å²) >= 11 is 0. The molecule has 1 saturated carbocycles. The van der Waals surface area contributed by atoms with E-state index in [1.54, 1.807) is 6.92 Å². The maximum absolute atomic E-state index is 12.4. The summed E-state index contributed by atoms with van der Waals surface area (Å²) in [5.74, 6) is 1.04. The van der Waals surface area contributed by atoms with E-state index in [0.29, 0.717) is 12.1 Å². The number of sulfonamides is 1. The van der Waals surface area contributed by atoms with Crippen LogP contribution in [0.25, 0.3) is 0 Å². The number of nitrogens with zero attached hydrogens (tertiary/aromatic N) is 1. The highest BCUT2D eigenvalue weighted by atomic mass is 32.2. The molecule has 2 aliphatic rings. The van der Waals surface area contributed by atoms with Gasteiger partial charge in [0.15, 0.2) is 0 Å². The van der Waals surface area contributed by atoms with E-state index >= 15 is 0 Å². The van der Waals surface area contributed by atoms with E-state index in [-0.39, 0.29) is 5.41 Å². The molecule has 0 bridgehead atoms. The van der Waals surface area contributed by atoms with E-state index in [1.807, 2.05) is 38.1 Å². The van der Waals surface area contributed by atoms with Crippen molar-refractivity contribution in [2.24, 2.45) is 15.7 Å². The van der Waals surface area contributed by atoms with Crippen LogP contribution in [0.2, 0.25) is 0 Å². The monoisotopic (exact) mass is 377 g/mol. The molecule has 0 radical (unpaired) electrons. The molecule has 1 aliphatic heterocycles. The molecule has 26 heavy (non-hydrogen) atoms. The first-order valence-electron chi connectivity index (χ1n) is 10.0. The highest BCUT2D eigenvalue weighted by Gasteiger charge is 2.44. The normalized spacial score (nSPS) is 25.0. The van der Waals surface area contributed by atoms with E-state index in [9.17, 15) is 8.42 Å². The minimum atomic E-state index is -3.47. The summed E-state index contributed by atoms with van der Waals surface area (Å²) in [5.41, 5.74) is 2.40. The van der Waals surface area contributed by atoms with E-state index in [4.69, 9.17) is 0 Å². The van der Waals surface area contributed by atoms with Crippen LogP contribution in [0.4, 0.5) is 0 Å². The van der Waals surface area contributed by atoms with Gasteiger partial charge in [-0.05, 0) is 42.2 Å². The number of hydrogen-bond donors (Lipinski definition) is 0. The predicted octanol–water partition coefficient (Wildman–Crippen LogP) is 6.10. The Bertz CT molecular complexity index is 728. The number of aryl methyl sites for hydroxylation is 1. The summed E-state index contributed by atoms with van der Waals surface area (Å²) in [7, 11) is -3.47. The van der Waals surface area contributed by atoms with E-state index in [0.717, 1.165) is 23.5 Å². The lowest BCUT2D eigenvalue weighted by Crippen LogP contribution is -2.34. The molecule has 1 aromatic carbocycles. The zero-order valence-electron chi connectivity index (χ0n) is 17.1. The first kappa shape index (κ1) is 21.1. The number of benzene rings is 1. The minimum absolute atomic E-state index is 0.322. The van der Waals surface area contributed by atoms with Crippen molar-refractivity contribution in [3.05, 3.63) is 35.4 Å². The Morgan fingerprint density at radius 2 is 1.81 bits per heavy atom. The summed E-state index contributed by atoms with van der Waals surface area (Å²) in [6, 6.07) is 7.87. The molecule has 1 atom stereocenters. The molecule has 0 saturated heterocycles. The van der Waals surface area contributed by atoms with Gasteiger partial charge < -0.3 is 0 Å². The van der Waals surface area contributed by atoms with Gasteiger partial charge in [0.05, 0.1) is 0 Å². The molecule has 3 nitrogen and oxygen atoms in total. The van der Waals surface area contributed by atoms with Gasteiger partial charge in [0.25, 0.3) is 10.0 Å². The minimum Gasteiger partial charge on any atom is -0.204 e. The second kappa shape index (κ2) is 8.69. The van der Waals surface area contributed by atoms with Crippen molar-refractivity contribution in [2.45, 2.75) is 84.8 Å². The van der Waals surface area contributed by atoms with Gasteiger partial charge in [-0.15, -0.1) is 0 Å². The second-order valence-electron chi connectivity index (χ2n) is 8.73. The van der Waals surface area contributed by atoms with Gasteiger partial charge in [-0.25, -0.2) is 8.42 Å². The van der Waals surface area contributed by atoms with E-state index in [2.05, 4.69) is 18.2 Å². The number of rotatable bonds is 2. The molecule has 3 rings (SSSR count). The Labute approximate surface area is 160 Å². The van der Waals surface area contributed by atoms with Crippen LogP contribution in [0.3, 0.4) is 0 Å². The fourth-order valence-corrected chi connectivity index (χ4v) is 6.35. The van der Waals surface area contributed by atoms with Gasteiger partial charge >= 0.3 is 0 Å². The summed E-state index contributed by atoms with van der Waals surface area (Å²) < 4.78 is 28.8. The van der Waals surface area contributed by atoms with Crippen molar-refractivity contribution < 1.29 is 8.42 Å². The SMILES string of the molecule is CC1CCCCC1.CCc1cccc(C2C(C)(C)CC(C)=NS2(=O)=O)c1. The van der Waals surface area contributed by atoms with Gasteiger partial charge in [0.2, 0.25) is 0 Å². The highest BCUT2D eigenvalue weighted by Crippen LogP contribution is 2.46. The van der Waals surface area contributed by atoms with Crippen LogP contribution < -0.4 is 0 Å². The smallest absolute Gasteiger partial charge is 0.204 e. The van der Waals surface area contributed by atoms with Gasteiger partial charge in [-0.3, -0.25) is 0 Å². The lowest BCUT2D eigenvalue weighted by molar-refractivity contribution is 0.350. The Kier molecular flexibility index (Phi) is 7.06.